The van der Waals surface area contributed by atoms with Crippen molar-refractivity contribution >= 4 is 17.9 Å². The highest BCUT2D eigenvalue weighted by Crippen LogP contribution is 2.24. The van der Waals surface area contributed by atoms with Crippen LogP contribution in [0.3, 0.4) is 0 Å². The standard InChI is InChI=1S/C15H26O6/c1-5-8-20-14(17)13(15(18)21-9-6-2)11(7-3)10-12(16)19-4/h11,13H,5-10H2,1-4H3. The van der Waals surface area contributed by atoms with Gasteiger partial charge in [0.25, 0.3) is 0 Å². The van der Waals surface area contributed by atoms with Gasteiger partial charge in [0.05, 0.1) is 20.3 Å². The maximum atomic E-state index is 12.1. The summed E-state index contributed by atoms with van der Waals surface area (Å²) >= 11 is 0. The highest BCUT2D eigenvalue weighted by molar-refractivity contribution is 5.95. The SMILES string of the molecule is CCCOC(=O)C(C(=O)OCCC)C(CC)CC(=O)OC. The van der Waals surface area contributed by atoms with Crippen LogP contribution in [-0.2, 0) is 28.6 Å². The van der Waals surface area contributed by atoms with E-state index < -0.39 is 29.7 Å². The first-order chi connectivity index (χ1) is 10.0. The maximum absolute atomic E-state index is 12.1. The summed E-state index contributed by atoms with van der Waals surface area (Å²) in [6.45, 7) is 6.02. The van der Waals surface area contributed by atoms with Gasteiger partial charge in [-0.05, 0) is 18.8 Å². The fourth-order valence-corrected chi connectivity index (χ4v) is 1.86. The number of hydrogen-bond donors (Lipinski definition) is 0. The molecule has 0 spiro atoms. The minimum Gasteiger partial charge on any atom is -0.469 e. The average Bonchev–Trinajstić information content (AvgIpc) is 2.49. The van der Waals surface area contributed by atoms with Gasteiger partial charge in [0.15, 0.2) is 5.92 Å². The third kappa shape index (κ3) is 7.11. The summed E-state index contributed by atoms with van der Waals surface area (Å²) < 4.78 is 14.7. The van der Waals surface area contributed by atoms with Gasteiger partial charge in [-0.2, -0.15) is 0 Å². The third-order valence-electron chi connectivity index (χ3n) is 3.06. The van der Waals surface area contributed by atoms with Gasteiger partial charge in [0, 0.05) is 6.42 Å². The highest BCUT2D eigenvalue weighted by atomic mass is 16.6. The molecule has 6 nitrogen and oxygen atoms in total. The van der Waals surface area contributed by atoms with Crippen molar-refractivity contribution in [3.63, 3.8) is 0 Å². The second kappa shape index (κ2) is 11.1. The molecule has 0 fully saturated rings. The maximum Gasteiger partial charge on any atom is 0.320 e. The van der Waals surface area contributed by atoms with Crippen LogP contribution in [0.4, 0.5) is 0 Å². The lowest BCUT2D eigenvalue weighted by Crippen LogP contribution is -2.35. The first-order valence-electron chi connectivity index (χ1n) is 7.41. The fourth-order valence-electron chi connectivity index (χ4n) is 1.86. The first-order valence-corrected chi connectivity index (χ1v) is 7.41. The van der Waals surface area contributed by atoms with E-state index in [9.17, 15) is 14.4 Å². The molecule has 0 aromatic heterocycles. The van der Waals surface area contributed by atoms with Crippen LogP contribution >= 0.6 is 0 Å². The molecular formula is C15H26O6. The topological polar surface area (TPSA) is 78.9 Å². The Balaban J connectivity index is 5.00. The summed E-state index contributed by atoms with van der Waals surface area (Å²) in [7, 11) is 1.27. The second-order valence-corrected chi connectivity index (χ2v) is 4.76. The van der Waals surface area contributed by atoms with Crippen LogP contribution in [0, 0.1) is 11.8 Å². The summed E-state index contributed by atoms with van der Waals surface area (Å²) in [4.78, 5) is 35.6. The normalized spacial score (nSPS) is 11.9. The summed E-state index contributed by atoms with van der Waals surface area (Å²) in [5, 5.41) is 0. The Morgan fingerprint density at radius 3 is 1.71 bits per heavy atom. The molecule has 0 aromatic rings. The Labute approximate surface area is 126 Å². The number of ether oxygens (including phenoxy) is 3. The van der Waals surface area contributed by atoms with E-state index in [-0.39, 0.29) is 19.6 Å². The van der Waals surface area contributed by atoms with E-state index in [1.165, 1.54) is 7.11 Å². The molecule has 6 heteroatoms. The van der Waals surface area contributed by atoms with E-state index in [1.807, 2.05) is 13.8 Å². The van der Waals surface area contributed by atoms with Crippen LogP contribution in [0.25, 0.3) is 0 Å². The van der Waals surface area contributed by atoms with Crippen molar-refractivity contribution in [2.45, 2.75) is 46.5 Å². The zero-order valence-corrected chi connectivity index (χ0v) is 13.3. The monoisotopic (exact) mass is 302 g/mol. The highest BCUT2D eigenvalue weighted by Gasteiger charge is 2.37. The second-order valence-electron chi connectivity index (χ2n) is 4.76. The lowest BCUT2D eigenvalue weighted by molar-refractivity contribution is -0.165. The number of hydrogen-bond acceptors (Lipinski definition) is 6. The average molecular weight is 302 g/mol. The minimum atomic E-state index is -1.08. The van der Waals surface area contributed by atoms with Gasteiger partial charge in [-0.3, -0.25) is 14.4 Å². The first kappa shape index (κ1) is 19.4. The Morgan fingerprint density at radius 1 is 0.905 bits per heavy atom. The largest absolute Gasteiger partial charge is 0.469 e. The van der Waals surface area contributed by atoms with E-state index in [2.05, 4.69) is 4.74 Å². The summed E-state index contributed by atoms with van der Waals surface area (Å²) in [6, 6.07) is 0. The molecule has 122 valence electrons. The molecule has 0 amide bonds. The number of methoxy groups -OCH3 is 1. The molecule has 1 unspecified atom stereocenters. The van der Waals surface area contributed by atoms with E-state index >= 15 is 0 Å². The predicted molar refractivity (Wildman–Crippen MR) is 76.4 cm³/mol. The van der Waals surface area contributed by atoms with Crippen LogP contribution in [0.1, 0.15) is 46.5 Å². The molecular weight excluding hydrogens is 276 g/mol. The molecule has 0 aromatic carbocycles. The minimum absolute atomic E-state index is 0.0138. The summed E-state index contributed by atoms with van der Waals surface area (Å²) in [5.74, 6) is -3.28. The third-order valence-corrected chi connectivity index (χ3v) is 3.06. The molecule has 0 aliphatic heterocycles. The molecule has 0 radical (unpaired) electrons. The van der Waals surface area contributed by atoms with Crippen molar-refractivity contribution in [2.75, 3.05) is 20.3 Å². The summed E-state index contributed by atoms with van der Waals surface area (Å²) in [6.07, 6.45) is 1.79. The van der Waals surface area contributed by atoms with Gasteiger partial charge in [-0.15, -0.1) is 0 Å². The van der Waals surface area contributed by atoms with Crippen molar-refractivity contribution in [3.8, 4) is 0 Å². The molecule has 1 atom stereocenters. The molecule has 0 N–H and O–H groups in total. The Hall–Kier alpha value is -1.59. The van der Waals surface area contributed by atoms with Crippen LogP contribution in [-0.4, -0.2) is 38.2 Å². The lowest BCUT2D eigenvalue weighted by Gasteiger charge is -2.22. The molecule has 0 heterocycles. The Kier molecular flexibility index (Phi) is 10.3. The Morgan fingerprint density at radius 2 is 1.38 bits per heavy atom. The van der Waals surface area contributed by atoms with Crippen molar-refractivity contribution in [3.05, 3.63) is 0 Å². The molecule has 21 heavy (non-hydrogen) atoms. The van der Waals surface area contributed by atoms with Gasteiger partial charge >= 0.3 is 17.9 Å². The smallest absolute Gasteiger partial charge is 0.320 e. The molecule has 0 bridgehead atoms. The van der Waals surface area contributed by atoms with E-state index in [0.717, 1.165) is 0 Å². The van der Waals surface area contributed by atoms with Gasteiger partial charge < -0.3 is 14.2 Å². The number of esters is 3. The predicted octanol–water partition coefficient (Wildman–Crippen LogP) is 2.10. The van der Waals surface area contributed by atoms with Gasteiger partial charge in [0.1, 0.15) is 0 Å². The Bertz CT molecular complexity index is 319. The molecule has 0 aliphatic carbocycles. The molecule has 0 saturated heterocycles. The van der Waals surface area contributed by atoms with E-state index in [0.29, 0.717) is 19.3 Å². The van der Waals surface area contributed by atoms with Crippen LogP contribution in [0.2, 0.25) is 0 Å². The van der Waals surface area contributed by atoms with Crippen molar-refractivity contribution < 1.29 is 28.6 Å². The quantitative estimate of drug-likeness (QED) is 0.349. The molecule has 0 aliphatic rings. The van der Waals surface area contributed by atoms with Crippen molar-refractivity contribution in [2.24, 2.45) is 11.8 Å². The molecule has 0 saturated carbocycles. The van der Waals surface area contributed by atoms with Crippen molar-refractivity contribution in [1.29, 1.82) is 0 Å². The van der Waals surface area contributed by atoms with Crippen molar-refractivity contribution in [1.82, 2.24) is 0 Å². The van der Waals surface area contributed by atoms with Crippen LogP contribution < -0.4 is 0 Å². The fraction of sp³-hybridized carbons (Fsp3) is 0.800. The number of carbonyl (C=O) groups excluding carboxylic acids is 3. The lowest BCUT2D eigenvalue weighted by atomic mass is 9.87. The number of carbonyl (C=O) groups is 3. The van der Waals surface area contributed by atoms with E-state index in [4.69, 9.17) is 9.47 Å². The van der Waals surface area contributed by atoms with Gasteiger partial charge in [-0.25, -0.2) is 0 Å². The zero-order chi connectivity index (χ0) is 16.3. The zero-order valence-electron chi connectivity index (χ0n) is 13.3. The van der Waals surface area contributed by atoms with Crippen LogP contribution in [0.5, 0.6) is 0 Å². The van der Waals surface area contributed by atoms with Crippen LogP contribution in [0.15, 0.2) is 0 Å². The van der Waals surface area contributed by atoms with Gasteiger partial charge in [0.2, 0.25) is 0 Å². The van der Waals surface area contributed by atoms with E-state index in [1.54, 1.807) is 6.92 Å². The molecule has 0 rings (SSSR count). The van der Waals surface area contributed by atoms with Gasteiger partial charge in [-0.1, -0.05) is 27.2 Å². The summed E-state index contributed by atoms with van der Waals surface area (Å²) in [5.41, 5.74) is 0. The number of rotatable bonds is 10.